The average molecular weight is 317 g/mol. The van der Waals surface area contributed by atoms with Crippen LogP contribution in [0.25, 0.3) is 0 Å². The maximum absolute atomic E-state index is 12.5. The normalized spacial score (nSPS) is 21.2. The number of anilines is 1. The van der Waals surface area contributed by atoms with Gasteiger partial charge in [0.1, 0.15) is 5.25 Å². The molecule has 0 radical (unpaired) electrons. The lowest BCUT2D eigenvalue weighted by Crippen LogP contribution is -2.47. The third kappa shape index (κ3) is 3.02. The van der Waals surface area contributed by atoms with Crippen molar-refractivity contribution in [1.29, 1.82) is 0 Å². The van der Waals surface area contributed by atoms with Crippen LogP contribution in [-0.2, 0) is 9.59 Å². The van der Waals surface area contributed by atoms with Crippen LogP contribution in [0.2, 0.25) is 0 Å². The third-order valence-electron chi connectivity index (χ3n) is 3.86. The molecule has 5 nitrogen and oxygen atoms in total. The van der Waals surface area contributed by atoms with E-state index < -0.39 is 5.25 Å². The SMILES string of the molecule is Cc1ccc(NC(=O)[C@H]2CC(=O)N3CCCN=C3S2)c(C)c1. The lowest BCUT2D eigenvalue weighted by molar-refractivity contribution is -0.129. The second-order valence-corrected chi connectivity index (χ2v) is 6.85. The minimum Gasteiger partial charge on any atom is -0.325 e. The summed E-state index contributed by atoms with van der Waals surface area (Å²) in [7, 11) is 0. The number of carbonyl (C=O) groups excluding carboxylic acids is 2. The quantitative estimate of drug-likeness (QED) is 0.910. The van der Waals surface area contributed by atoms with Gasteiger partial charge in [-0.05, 0) is 31.9 Å². The highest BCUT2D eigenvalue weighted by atomic mass is 32.2. The molecule has 2 aliphatic heterocycles. The minimum atomic E-state index is -0.402. The third-order valence-corrected chi connectivity index (χ3v) is 5.08. The highest BCUT2D eigenvalue weighted by molar-refractivity contribution is 8.15. The molecule has 0 saturated carbocycles. The summed E-state index contributed by atoms with van der Waals surface area (Å²) in [5.74, 6) is -0.129. The number of aryl methyl sites for hydroxylation is 2. The molecule has 1 aromatic rings. The van der Waals surface area contributed by atoms with Crippen molar-refractivity contribution >= 4 is 34.4 Å². The molecule has 0 bridgehead atoms. The molecular weight excluding hydrogens is 298 g/mol. The summed E-state index contributed by atoms with van der Waals surface area (Å²) in [6, 6.07) is 5.90. The molecule has 2 heterocycles. The van der Waals surface area contributed by atoms with E-state index in [1.165, 1.54) is 11.8 Å². The number of benzene rings is 1. The molecule has 1 aromatic carbocycles. The van der Waals surface area contributed by atoms with E-state index in [-0.39, 0.29) is 18.2 Å². The van der Waals surface area contributed by atoms with Gasteiger partial charge in [0, 0.05) is 25.2 Å². The first-order valence-corrected chi connectivity index (χ1v) is 8.32. The van der Waals surface area contributed by atoms with Gasteiger partial charge in [-0.25, -0.2) is 0 Å². The maximum atomic E-state index is 12.5. The van der Waals surface area contributed by atoms with Gasteiger partial charge in [0.2, 0.25) is 11.8 Å². The van der Waals surface area contributed by atoms with Gasteiger partial charge in [-0.15, -0.1) is 0 Å². The average Bonchev–Trinajstić information content (AvgIpc) is 2.50. The number of amidine groups is 1. The van der Waals surface area contributed by atoms with Crippen molar-refractivity contribution in [2.75, 3.05) is 18.4 Å². The van der Waals surface area contributed by atoms with Crippen molar-refractivity contribution in [2.24, 2.45) is 4.99 Å². The highest BCUT2D eigenvalue weighted by Gasteiger charge is 2.36. The van der Waals surface area contributed by atoms with Crippen LogP contribution in [-0.4, -0.2) is 40.2 Å². The van der Waals surface area contributed by atoms with Gasteiger partial charge < -0.3 is 5.32 Å². The number of carbonyl (C=O) groups is 2. The van der Waals surface area contributed by atoms with Crippen molar-refractivity contribution in [1.82, 2.24) is 4.90 Å². The zero-order chi connectivity index (χ0) is 15.7. The molecule has 3 rings (SSSR count). The summed E-state index contributed by atoms with van der Waals surface area (Å²) < 4.78 is 0. The molecule has 1 saturated heterocycles. The number of hydrogen-bond donors (Lipinski definition) is 1. The number of nitrogens with one attached hydrogen (secondary N) is 1. The first-order chi connectivity index (χ1) is 10.5. The molecule has 0 aromatic heterocycles. The van der Waals surface area contributed by atoms with Crippen molar-refractivity contribution in [2.45, 2.75) is 31.9 Å². The molecule has 2 amide bonds. The van der Waals surface area contributed by atoms with Gasteiger partial charge in [-0.3, -0.25) is 19.5 Å². The number of nitrogens with zero attached hydrogens (tertiary/aromatic N) is 2. The Hall–Kier alpha value is -1.82. The summed E-state index contributed by atoms with van der Waals surface area (Å²) in [6.07, 6.45) is 1.13. The molecule has 0 aliphatic carbocycles. The Morgan fingerprint density at radius 3 is 3.00 bits per heavy atom. The Labute approximate surface area is 134 Å². The zero-order valence-corrected chi connectivity index (χ0v) is 13.6. The van der Waals surface area contributed by atoms with Crippen molar-refractivity contribution in [3.8, 4) is 0 Å². The molecule has 116 valence electrons. The monoisotopic (exact) mass is 317 g/mol. The largest absolute Gasteiger partial charge is 0.325 e. The summed E-state index contributed by atoms with van der Waals surface area (Å²) in [6.45, 7) is 5.44. The van der Waals surface area contributed by atoms with Crippen molar-refractivity contribution in [3.05, 3.63) is 29.3 Å². The molecular formula is C16H19N3O2S. The van der Waals surface area contributed by atoms with Crippen LogP contribution in [0.4, 0.5) is 5.69 Å². The van der Waals surface area contributed by atoms with Gasteiger partial charge in [0.05, 0.1) is 0 Å². The smallest absolute Gasteiger partial charge is 0.238 e. The topological polar surface area (TPSA) is 61.8 Å². The minimum absolute atomic E-state index is 0.00187. The van der Waals surface area contributed by atoms with Gasteiger partial charge in [0.25, 0.3) is 0 Å². The second kappa shape index (κ2) is 6.12. The highest BCUT2D eigenvalue weighted by Crippen LogP contribution is 2.29. The number of aliphatic imine (C=N–C) groups is 1. The number of thioether (sulfide) groups is 1. The number of fused-ring (bicyclic) bond motifs is 1. The van der Waals surface area contributed by atoms with Crippen LogP contribution in [0.3, 0.4) is 0 Å². The summed E-state index contributed by atoms with van der Waals surface area (Å²) in [4.78, 5) is 30.7. The van der Waals surface area contributed by atoms with Crippen LogP contribution in [0.1, 0.15) is 24.0 Å². The predicted molar refractivity (Wildman–Crippen MR) is 89.2 cm³/mol. The van der Waals surface area contributed by atoms with Crippen LogP contribution in [0.5, 0.6) is 0 Å². The van der Waals surface area contributed by atoms with E-state index in [2.05, 4.69) is 10.3 Å². The van der Waals surface area contributed by atoms with Crippen LogP contribution >= 0.6 is 11.8 Å². The summed E-state index contributed by atoms with van der Waals surface area (Å²) >= 11 is 1.40. The van der Waals surface area contributed by atoms with Crippen LogP contribution < -0.4 is 5.32 Å². The Morgan fingerprint density at radius 2 is 2.23 bits per heavy atom. The number of amides is 2. The van der Waals surface area contributed by atoms with Crippen LogP contribution in [0, 0.1) is 13.8 Å². The lowest BCUT2D eigenvalue weighted by atomic mass is 10.1. The molecule has 1 atom stereocenters. The van der Waals surface area contributed by atoms with E-state index in [9.17, 15) is 9.59 Å². The van der Waals surface area contributed by atoms with Gasteiger partial charge in [0.15, 0.2) is 5.17 Å². The second-order valence-electron chi connectivity index (χ2n) is 5.68. The predicted octanol–water partition coefficient (Wildman–Crippen LogP) is 2.34. The van der Waals surface area contributed by atoms with E-state index in [0.29, 0.717) is 5.17 Å². The van der Waals surface area contributed by atoms with Crippen LogP contribution in [0.15, 0.2) is 23.2 Å². The van der Waals surface area contributed by atoms with Crippen molar-refractivity contribution in [3.63, 3.8) is 0 Å². The van der Waals surface area contributed by atoms with E-state index in [4.69, 9.17) is 0 Å². The first kappa shape index (κ1) is 15.1. The Bertz CT molecular complexity index is 657. The van der Waals surface area contributed by atoms with Gasteiger partial charge in [-0.2, -0.15) is 0 Å². The van der Waals surface area contributed by atoms with E-state index in [0.717, 1.165) is 36.3 Å². The molecule has 6 heteroatoms. The fourth-order valence-electron chi connectivity index (χ4n) is 2.67. The Kier molecular flexibility index (Phi) is 4.20. The molecule has 1 fully saturated rings. The fourth-order valence-corrected chi connectivity index (χ4v) is 3.80. The maximum Gasteiger partial charge on any atom is 0.238 e. The fraction of sp³-hybridized carbons (Fsp3) is 0.438. The summed E-state index contributed by atoms with van der Waals surface area (Å²) in [5, 5.41) is 3.23. The molecule has 1 N–H and O–H groups in total. The lowest BCUT2D eigenvalue weighted by Gasteiger charge is -2.33. The molecule has 22 heavy (non-hydrogen) atoms. The number of hydrogen-bond acceptors (Lipinski definition) is 4. The Morgan fingerprint density at radius 1 is 1.41 bits per heavy atom. The van der Waals surface area contributed by atoms with Gasteiger partial charge in [-0.1, -0.05) is 29.5 Å². The molecule has 0 spiro atoms. The van der Waals surface area contributed by atoms with E-state index >= 15 is 0 Å². The zero-order valence-electron chi connectivity index (χ0n) is 12.8. The Balaban J connectivity index is 1.72. The van der Waals surface area contributed by atoms with E-state index in [1.807, 2.05) is 32.0 Å². The standard InChI is InChI=1S/C16H19N3O2S/c1-10-4-5-12(11(2)8-10)18-15(21)13-9-14(20)19-7-3-6-17-16(19)22-13/h4-5,8,13H,3,6-7,9H2,1-2H3,(H,18,21)/t13-/m1/s1. The van der Waals surface area contributed by atoms with E-state index in [1.54, 1.807) is 4.90 Å². The molecule has 0 unspecified atom stereocenters. The number of rotatable bonds is 2. The first-order valence-electron chi connectivity index (χ1n) is 7.44. The molecule has 2 aliphatic rings. The summed E-state index contributed by atoms with van der Waals surface area (Å²) in [5.41, 5.74) is 2.98. The van der Waals surface area contributed by atoms with Gasteiger partial charge >= 0.3 is 0 Å². The van der Waals surface area contributed by atoms with Crippen molar-refractivity contribution < 1.29 is 9.59 Å².